The van der Waals surface area contributed by atoms with Gasteiger partial charge in [-0.15, -0.1) is 10.2 Å². The molecule has 34 heavy (non-hydrogen) atoms. The topological polar surface area (TPSA) is 111 Å². The lowest BCUT2D eigenvalue weighted by atomic mass is 9.86. The standard InChI is InChI=1S/C23H26N4O5S2/c1-23(2,3)15-8-11-18-17(12-15)27(34(5,29)30)13-19(32-18)20(28)24-22-26-25-21(33-22)14-6-9-16(31-4)10-7-14/h6-12,19H,13H2,1-5H3,(H,24,26,28)/t19-/m1/s1. The Hall–Kier alpha value is -3.18. The van der Waals surface area contributed by atoms with E-state index in [-0.39, 0.29) is 12.0 Å². The summed E-state index contributed by atoms with van der Waals surface area (Å²) < 4.78 is 37.4. The molecule has 0 radical (unpaired) electrons. The maximum absolute atomic E-state index is 13.0. The molecule has 2 aromatic carbocycles. The first-order chi connectivity index (χ1) is 16.0. The molecule has 2 heterocycles. The number of aromatic nitrogens is 2. The van der Waals surface area contributed by atoms with Crippen molar-refractivity contribution in [3.63, 3.8) is 0 Å². The van der Waals surface area contributed by atoms with E-state index in [1.165, 1.54) is 15.6 Å². The van der Waals surface area contributed by atoms with Crippen molar-refractivity contribution >= 4 is 38.1 Å². The lowest BCUT2D eigenvalue weighted by Gasteiger charge is -2.35. The van der Waals surface area contributed by atoms with Crippen molar-refractivity contribution in [2.75, 3.05) is 29.5 Å². The van der Waals surface area contributed by atoms with E-state index in [4.69, 9.17) is 9.47 Å². The smallest absolute Gasteiger partial charge is 0.269 e. The van der Waals surface area contributed by atoms with Crippen LogP contribution in [-0.2, 0) is 20.2 Å². The zero-order valence-corrected chi connectivity index (χ0v) is 21.2. The normalized spacial score (nSPS) is 15.9. The number of anilines is 2. The second-order valence-electron chi connectivity index (χ2n) is 8.96. The van der Waals surface area contributed by atoms with Gasteiger partial charge in [-0.2, -0.15) is 0 Å². The molecule has 0 unspecified atom stereocenters. The number of amides is 1. The predicted molar refractivity (Wildman–Crippen MR) is 132 cm³/mol. The molecule has 0 bridgehead atoms. The molecular formula is C23H26N4O5S2. The van der Waals surface area contributed by atoms with E-state index in [9.17, 15) is 13.2 Å². The van der Waals surface area contributed by atoms with Crippen molar-refractivity contribution in [1.82, 2.24) is 10.2 Å². The van der Waals surface area contributed by atoms with E-state index in [0.29, 0.717) is 21.6 Å². The second kappa shape index (κ2) is 8.88. The summed E-state index contributed by atoms with van der Waals surface area (Å²) in [5, 5.41) is 11.8. The number of benzene rings is 2. The highest BCUT2D eigenvalue weighted by atomic mass is 32.2. The van der Waals surface area contributed by atoms with Crippen molar-refractivity contribution < 1.29 is 22.7 Å². The summed E-state index contributed by atoms with van der Waals surface area (Å²) >= 11 is 1.21. The maximum atomic E-state index is 13.0. The van der Waals surface area contributed by atoms with Crippen LogP contribution in [0.5, 0.6) is 11.5 Å². The van der Waals surface area contributed by atoms with Crippen molar-refractivity contribution in [1.29, 1.82) is 0 Å². The second-order valence-corrected chi connectivity index (χ2v) is 11.8. The predicted octanol–water partition coefficient (Wildman–Crippen LogP) is 3.68. The molecular weight excluding hydrogens is 476 g/mol. The van der Waals surface area contributed by atoms with E-state index in [1.54, 1.807) is 19.2 Å². The minimum absolute atomic E-state index is 0.143. The fourth-order valence-electron chi connectivity index (χ4n) is 3.48. The summed E-state index contributed by atoms with van der Waals surface area (Å²) in [6.45, 7) is 5.99. The average molecular weight is 503 g/mol. The number of nitrogens with one attached hydrogen (secondary N) is 1. The first-order valence-corrected chi connectivity index (χ1v) is 13.2. The van der Waals surface area contributed by atoms with Crippen LogP contribution < -0.4 is 19.1 Å². The number of sulfonamides is 1. The Labute approximate surface area is 202 Å². The van der Waals surface area contributed by atoms with Crippen molar-refractivity contribution in [3.05, 3.63) is 48.0 Å². The molecule has 180 valence electrons. The molecule has 3 aromatic rings. The minimum atomic E-state index is -3.64. The van der Waals surface area contributed by atoms with Gasteiger partial charge in [0.25, 0.3) is 5.91 Å². The average Bonchev–Trinajstić information content (AvgIpc) is 3.25. The van der Waals surface area contributed by atoms with Crippen LogP contribution in [0.4, 0.5) is 10.8 Å². The Bertz CT molecular complexity index is 1310. The van der Waals surface area contributed by atoms with Crippen molar-refractivity contribution in [3.8, 4) is 22.1 Å². The Morgan fingerprint density at radius 3 is 2.50 bits per heavy atom. The van der Waals surface area contributed by atoms with Gasteiger partial charge in [0.1, 0.15) is 16.5 Å². The molecule has 1 N–H and O–H groups in total. The zero-order chi connectivity index (χ0) is 24.7. The quantitative estimate of drug-likeness (QED) is 0.567. The summed E-state index contributed by atoms with van der Waals surface area (Å²) in [5.74, 6) is 0.555. The Morgan fingerprint density at radius 2 is 1.88 bits per heavy atom. The van der Waals surface area contributed by atoms with Gasteiger partial charge < -0.3 is 9.47 Å². The van der Waals surface area contributed by atoms with Crippen LogP contribution in [0.3, 0.4) is 0 Å². The molecule has 11 heteroatoms. The van der Waals surface area contributed by atoms with Crippen LogP contribution in [0.1, 0.15) is 26.3 Å². The fraction of sp³-hybridized carbons (Fsp3) is 0.348. The summed E-state index contributed by atoms with van der Waals surface area (Å²) in [4.78, 5) is 13.0. The summed E-state index contributed by atoms with van der Waals surface area (Å²) in [6.07, 6.45) is 0.0724. The summed E-state index contributed by atoms with van der Waals surface area (Å²) in [6, 6.07) is 12.7. The summed E-state index contributed by atoms with van der Waals surface area (Å²) in [5.41, 5.74) is 2.05. The van der Waals surface area contributed by atoms with E-state index in [2.05, 4.69) is 15.5 Å². The van der Waals surface area contributed by atoms with Crippen LogP contribution in [0.25, 0.3) is 10.6 Å². The van der Waals surface area contributed by atoms with Gasteiger partial charge in [-0.3, -0.25) is 14.4 Å². The number of methoxy groups -OCH3 is 1. The molecule has 0 saturated carbocycles. The third-order valence-corrected chi connectivity index (χ3v) is 7.41. The molecule has 0 saturated heterocycles. The molecule has 0 aliphatic carbocycles. The van der Waals surface area contributed by atoms with Gasteiger partial charge in [0.2, 0.25) is 15.2 Å². The molecule has 1 aliphatic rings. The van der Waals surface area contributed by atoms with Gasteiger partial charge in [-0.25, -0.2) is 8.42 Å². The number of nitrogens with zero attached hydrogens (tertiary/aromatic N) is 3. The van der Waals surface area contributed by atoms with E-state index < -0.39 is 22.0 Å². The number of ether oxygens (including phenoxy) is 2. The Balaban J connectivity index is 1.55. The third-order valence-electron chi connectivity index (χ3n) is 5.38. The van der Waals surface area contributed by atoms with Gasteiger partial charge in [-0.1, -0.05) is 38.2 Å². The fourth-order valence-corrected chi connectivity index (χ4v) is 5.14. The molecule has 1 atom stereocenters. The lowest BCUT2D eigenvalue weighted by molar-refractivity contribution is -0.122. The molecule has 4 rings (SSSR count). The highest BCUT2D eigenvalue weighted by Gasteiger charge is 2.36. The van der Waals surface area contributed by atoms with Gasteiger partial charge in [0, 0.05) is 5.56 Å². The highest BCUT2D eigenvalue weighted by Crippen LogP contribution is 2.39. The maximum Gasteiger partial charge on any atom is 0.269 e. The molecule has 1 amide bonds. The van der Waals surface area contributed by atoms with E-state index in [0.717, 1.165) is 23.1 Å². The van der Waals surface area contributed by atoms with Crippen LogP contribution in [0.2, 0.25) is 0 Å². The Kier molecular flexibility index (Phi) is 6.26. The van der Waals surface area contributed by atoms with Crippen molar-refractivity contribution in [2.45, 2.75) is 32.3 Å². The van der Waals surface area contributed by atoms with Gasteiger partial charge in [0.15, 0.2) is 6.10 Å². The van der Waals surface area contributed by atoms with Crippen molar-refractivity contribution in [2.24, 2.45) is 0 Å². The first-order valence-electron chi connectivity index (χ1n) is 10.5. The zero-order valence-electron chi connectivity index (χ0n) is 19.5. The summed E-state index contributed by atoms with van der Waals surface area (Å²) in [7, 11) is -2.05. The number of carbonyl (C=O) groups excluding carboxylic acids is 1. The van der Waals surface area contributed by atoms with Gasteiger partial charge in [-0.05, 0) is 47.4 Å². The van der Waals surface area contributed by atoms with Gasteiger partial charge in [0.05, 0.1) is 25.6 Å². The number of carbonyl (C=O) groups is 1. The monoisotopic (exact) mass is 502 g/mol. The number of hydrogen-bond donors (Lipinski definition) is 1. The number of fused-ring (bicyclic) bond motifs is 1. The van der Waals surface area contributed by atoms with Crippen LogP contribution >= 0.6 is 11.3 Å². The third kappa shape index (κ3) is 5.00. The number of rotatable bonds is 5. The largest absolute Gasteiger partial charge is 0.497 e. The van der Waals surface area contributed by atoms with Gasteiger partial charge >= 0.3 is 0 Å². The molecule has 1 aromatic heterocycles. The van der Waals surface area contributed by atoms with E-state index >= 15 is 0 Å². The lowest BCUT2D eigenvalue weighted by Crippen LogP contribution is -2.48. The minimum Gasteiger partial charge on any atom is -0.497 e. The Morgan fingerprint density at radius 1 is 1.18 bits per heavy atom. The first kappa shape index (κ1) is 24.0. The van der Waals surface area contributed by atoms with Crippen LogP contribution in [0, 0.1) is 0 Å². The number of hydrogen-bond acceptors (Lipinski definition) is 8. The molecule has 9 nitrogen and oxygen atoms in total. The SMILES string of the molecule is COc1ccc(-c2nnc(NC(=O)[C@H]3CN(S(C)(=O)=O)c4cc(C(C)(C)C)ccc4O3)s2)cc1. The molecule has 1 aliphatic heterocycles. The van der Waals surface area contributed by atoms with Crippen LogP contribution in [-0.4, -0.2) is 50.5 Å². The van der Waals surface area contributed by atoms with Crippen LogP contribution in [0.15, 0.2) is 42.5 Å². The molecule has 0 spiro atoms. The molecule has 0 fully saturated rings. The van der Waals surface area contributed by atoms with E-state index in [1.807, 2.05) is 51.1 Å². The highest BCUT2D eigenvalue weighted by molar-refractivity contribution is 7.92.